The molecule has 1 saturated carbocycles. The van der Waals surface area contributed by atoms with Gasteiger partial charge in [0, 0.05) is 5.92 Å². The van der Waals surface area contributed by atoms with E-state index in [2.05, 4.69) is 13.0 Å². The molecule has 2 aliphatic heterocycles. The topological polar surface area (TPSA) is 65.0 Å². The molecule has 1 N–H and O–H groups in total. The first-order chi connectivity index (χ1) is 14.6. The number of hydrogen-bond donors (Lipinski definition) is 1. The van der Waals surface area contributed by atoms with Crippen LogP contribution in [0.4, 0.5) is 0 Å². The molecular formula is C25H36O5. The summed E-state index contributed by atoms with van der Waals surface area (Å²) >= 11 is 0. The van der Waals surface area contributed by atoms with Gasteiger partial charge in [-0.05, 0) is 61.6 Å². The van der Waals surface area contributed by atoms with Crippen LogP contribution in [0.3, 0.4) is 0 Å². The molecular weight excluding hydrogens is 380 g/mol. The Kier molecular flexibility index (Phi) is 6.99. The summed E-state index contributed by atoms with van der Waals surface area (Å²) in [6.45, 7) is 4.90. The van der Waals surface area contributed by atoms with E-state index in [0.717, 1.165) is 19.4 Å². The van der Waals surface area contributed by atoms with Gasteiger partial charge in [0.2, 0.25) is 0 Å². The zero-order chi connectivity index (χ0) is 21.1. The number of rotatable bonds is 9. The van der Waals surface area contributed by atoms with Crippen molar-refractivity contribution in [1.29, 1.82) is 0 Å². The Morgan fingerprint density at radius 1 is 1.17 bits per heavy atom. The van der Waals surface area contributed by atoms with Crippen LogP contribution in [-0.2, 0) is 14.3 Å². The van der Waals surface area contributed by atoms with Gasteiger partial charge < -0.3 is 19.3 Å². The summed E-state index contributed by atoms with van der Waals surface area (Å²) in [5.41, 5.74) is 1.19. The van der Waals surface area contributed by atoms with E-state index >= 15 is 0 Å². The lowest BCUT2D eigenvalue weighted by Gasteiger charge is -2.34. The van der Waals surface area contributed by atoms with Crippen molar-refractivity contribution in [2.45, 2.75) is 95.5 Å². The Labute approximate surface area is 180 Å². The summed E-state index contributed by atoms with van der Waals surface area (Å²) in [5.74, 6) is 0.899. The van der Waals surface area contributed by atoms with Gasteiger partial charge in [0.05, 0.1) is 24.9 Å². The highest BCUT2D eigenvalue weighted by Gasteiger charge is 2.51. The predicted octanol–water partition coefficient (Wildman–Crippen LogP) is 5.18. The molecule has 0 radical (unpaired) electrons. The molecule has 5 nitrogen and oxygen atoms in total. The molecule has 2 bridgehead atoms. The maximum absolute atomic E-state index is 11.3. The van der Waals surface area contributed by atoms with Crippen LogP contribution in [0, 0.1) is 11.8 Å². The fourth-order valence-electron chi connectivity index (χ4n) is 5.77. The Bertz CT molecular complexity index is 713. The lowest BCUT2D eigenvalue weighted by molar-refractivity contribution is -0.145. The van der Waals surface area contributed by atoms with Crippen molar-refractivity contribution in [2.24, 2.45) is 11.8 Å². The van der Waals surface area contributed by atoms with Gasteiger partial charge in [-0.15, -0.1) is 0 Å². The number of carbonyl (C=O) groups is 1. The molecule has 1 aromatic rings. The fourth-order valence-corrected chi connectivity index (χ4v) is 5.77. The van der Waals surface area contributed by atoms with Crippen molar-refractivity contribution >= 4 is 5.97 Å². The van der Waals surface area contributed by atoms with Gasteiger partial charge in [-0.2, -0.15) is 0 Å². The summed E-state index contributed by atoms with van der Waals surface area (Å²) < 4.78 is 18.5. The van der Waals surface area contributed by atoms with E-state index in [4.69, 9.17) is 14.2 Å². The molecule has 0 aromatic heterocycles. The Balaban J connectivity index is 1.44. The van der Waals surface area contributed by atoms with Crippen LogP contribution < -0.4 is 4.74 Å². The van der Waals surface area contributed by atoms with Gasteiger partial charge >= 0.3 is 5.97 Å². The summed E-state index contributed by atoms with van der Waals surface area (Å²) in [4.78, 5) is 11.3. The van der Waals surface area contributed by atoms with E-state index in [1.54, 1.807) is 0 Å². The highest BCUT2D eigenvalue weighted by Crippen LogP contribution is 2.50. The van der Waals surface area contributed by atoms with Crippen molar-refractivity contribution in [3.63, 3.8) is 0 Å². The Morgan fingerprint density at radius 2 is 1.93 bits per heavy atom. The van der Waals surface area contributed by atoms with Crippen LogP contribution in [0.25, 0.3) is 0 Å². The lowest BCUT2D eigenvalue weighted by Crippen LogP contribution is -2.35. The third-order valence-electron chi connectivity index (χ3n) is 7.45. The van der Waals surface area contributed by atoms with Gasteiger partial charge in [-0.25, -0.2) is 4.79 Å². The number of carboxylic acid groups (broad SMARTS) is 1. The highest BCUT2D eigenvalue weighted by molar-refractivity contribution is 5.72. The molecule has 2 heterocycles. The first-order valence-corrected chi connectivity index (χ1v) is 11.8. The number of ether oxygens (including phenoxy) is 3. The number of aliphatic carboxylic acids is 1. The summed E-state index contributed by atoms with van der Waals surface area (Å²) in [7, 11) is 0. The van der Waals surface area contributed by atoms with Crippen molar-refractivity contribution < 1.29 is 24.1 Å². The molecule has 2 saturated heterocycles. The second-order valence-electron chi connectivity index (χ2n) is 9.34. The van der Waals surface area contributed by atoms with Crippen molar-refractivity contribution in [2.75, 3.05) is 6.61 Å². The molecule has 6 atom stereocenters. The molecule has 3 aliphatic rings. The minimum absolute atomic E-state index is 0.303. The molecule has 1 aliphatic carbocycles. The van der Waals surface area contributed by atoms with Gasteiger partial charge in [0.25, 0.3) is 0 Å². The Morgan fingerprint density at radius 3 is 2.67 bits per heavy atom. The minimum Gasteiger partial charge on any atom is -0.479 e. The predicted molar refractivity (Wildman–Crippen MR) is 115 cm³/mol. The number of fused-ring (bicyclic) bond motifs is 2. The first-order valence-electron chi connectivity index (χ1n) is 11.8. The van der Waals surface area contributed by atoms with E-state index in [0.29, 0.717) is 48.2 Å². The zero-order valence-corrected chi connectivity index (χ0v) is 18.3. The van der Waals surface area contributed by atoms with Gasteiger partial charge in [-0.3, -0.25) is 0 Å². The second-order valence-corrected chi connectivity index (χ2v) is 9.34. The third kappa shape index (κ3) is 4.67. The largest absolute Gasteiger partial charge is 0.479 e. The normalized spacial score (nSPS) is 30.9. The molecule has 6 unspecified atom stereocenters. The summed E-state index contributed by atoms with van der Waals surface area (Å²) in [6, 6.07) is 7.96. The fraction of sp³-hybridized carbons (Fsp3) is 0.720. The smallest absolute Gasteiger partial charge is 0.344 e. The SMILES string of the molecule is CCC(Oc1cccc(C(C)C2C3CCC(O3)C2COC2CCCCC2)c1)C(=O)O. The highest BCUT2D eigenvalue weighted by atomic mass is 16.5. The second kappa shape index (κ2) is 9.69. The average Bonchev–Trinajstić information content (AvgIpc) is 3.38. The quantitative estimate of drug-likeness (QED) is 0.601. The number of hydrogen-bond acceptors (Lipinski definition) is 4. The van der Waals surface area contributed by atoms with Crippen molar-refractivity contribution in [3.05, 3.63) is 29.8 Å². The van der Waals surface area contributed by atoms with Gasteiger partial charge in [0.1, 0.15) is 5.75 Å². The van der Waals surface area contributed by atoms with E-state index in [1.807, 2.05) is 25.1 Å². The lowest BCUT2D eigenvalue weighted by atomic mass is 9.71. The first kappa shape index (κ1) is 21.6. The molecule has 30 heavy (non-hydrogen) atoms. The van der Waals surface area contributed by atoms with Crippen LogP contribution in [0.2, 0.25) is 0 Å². The molecule has 5 heteroatoms. The van der Waals surface area contributed by atoms with Gasteiger partial charge in [-0.1, -0.05) is 45.2 Å². The van der Waals surface area contributed by atoms with Crippen LogP contribution in [-0.4, -0.2) is 42.1 Å². The zero-order valence-electron chi connectivity index (χ0n) is 18.3. The summed E-state index contributed by atoms with van der Waals surface area (Å²) in [6.07, 6.45) is 9.28. The molecule has 3 fully saturated rings. The standard InChI is InChI=1S/C25H36O5/c1-3-21(25(26)27)29-19-11-7-8-17(14-19)16(2)24-20(22-12-13-23(24)30-22)15-28-18-9-5-4-6-10-18/h7-8,11,14,16,18,20-24H,3-6,9-10,12-13,15H2,1-2H3,(H,26,27). The van der Waals surface area contributed by atoms with E-state index in [9.17, 15) is 9.90 Å². The van der Waals surface area contributed by atoms with Gasteiger partial charge in [0.15, 0.2) is 6.10 Å². The molecule has 0 amide bonds. The van der Waals surface area contributed by atoms with E-state index in [1.165, 1.54) is 37.7 Å². The van der Waals surface area contributed by atoms with Crippen LogP contribution in [0.1, 0.15) is 76.7 Å². The average molecular weight is 417 g/mol. The van der Waals surface area contributed by atoms with Crippen LogP contribution in [0.15, 0.2) is 24.3 Å². The molecule has 4 rings (SSSR count). The van der Waals surface area contributed by atoms with Crippen LogP contribution >= 0.6 is 0 Å². The number of carboxylic acids is 1. The van der Waals surface area contributed by atoms with E-state index in [-0.39, 0.29) is 0 Å². The number of benzene rings is 1. The molecule has 166 valence electrons. The maximum Gasteiger partial charge on any atom is 0.344 e. The summed E-state index contributed by atoms with van der Waals surface area (Å²) in [5, 5.41) is 9.30. The van der Waals surface area contributed by atoms with Crippen molar-refractivity contribution in [3.8, 4) is 5.75 Å². The van der Waals surface area contributed by atoms with Crippen molar-refractivity contribution in [1.82, 2.24) is 0 Å². The minimum atomic E-state index is -0.919. The monoisotopic (exact) mass is 416 g/mol. The van der Waals surface area contributed by atoms with Crippen LogP contribution in [0.5, 0.6) is 5.75 Å². The van der Waals surface area contributed by atoms with E-state index < -0.39 is 12.1 Å². The Hall–Kier alpha value is -1.59. The molecule has 0 spiro atoms. The third-order valence-corrected chi connectivity index (χ3v) is 7.45. The molecule has 1 aromatic carbocycles. The maximum atomic E-state index is 11.3.